The van der Waals surface area contributed by atoms with E-state index in [9.17, 15) is 4.39 Å². The minimum absolute atomic E-state index is 0.276. The van der Waals surface area contributed by atoms with Gasteiger partial charge >= 0.3 is 0 Å². The van der Waals surface area contributed by atoms with Crippen LogP contribution in [0.2, 0.25) is 0 Å². The maximum absolute atomic E-state index is 13.5. The molecule has 2 aromatic carbocycles. The summed E-state index contributed by atoms with van der Waals surface area (Å²) in [5.74, 6) is 0.299. The molecular weight excluding hydrogens is 241 g/mol. The Bertz CT molecular complexity index is 703. The van der Waals surface area contributed by atoms with Crippen molar-refractivity contribution in [2.24, 2.45) is 7.05 Å². The molecule has 3 aromatic rings. The number of hydrogen-bond acceptors (Lipinski definition) is 1. The highest BCUT2D eigenvalue weighted by atomic mass is 19.1. The number of halogens is 1. The van der Waals surface area contributed by atoms with Gasteiger partial charge in [0.1, 0.15) is 18.2 Å². The Labute approximate surface area is 111 Å². The molecule has 0 bridgehead atoms. The first-order valence-corrected chi connectivity index (χ1v) is 6.15. The highest BCUT2D eigenvalue weighted by Crippen LogP contribution is 2.28. The van der Waals surface area contributed by atoms with Crippen LogP contribution in [-0.4, -0.2) is 4.57 Å². The second kappa shape index (κ2) is 4.76. The fourth-order valence-electron chi connectivity index (χ4n) is 2.21. The van der Waals surface area contributed by atoms with Crippen molar-refractivity contribution in [3.8, 4) is 5.75 Å². The lowest BCUT2D eigenvalue weighted by Crippen LogP contribution is -1.98. The second-order valence-electron chi connectivity index (χ2n) is 4.54. The highest BCUT2D eigenvalue weighted by molar-refractivity contribution is 5.86. The van der Waals surface area contributed by atoms with Gasteiger partial charge in [-0.2, -0.15) is 0 Å². The predicted octanol–water partition coefficient (Wildman–Crippen LogP) is 3.90. The van der Waals surface area contributed by atoms with Crippen LogP contribution in [0.4, 0.5) is 4.39 Å². The van der Waals surface area contributed by atoms with Gasteiger partial charge in [0.2, 0.25) is 0 Å². The van der Waals surface area contributed by atoms with Gasteiger partial charge < -0.3 is 9.30 Å². The summed E-state index contributed by atoms with van der Waals surface area (Å²) in [5.41, 5.74) is 1.98. The third-order valence-electron chi connectivity index (χ3n) is 3.14. The van der Waals surface area contributed by atoms with Gasteiger partial charge in [-0.05, 0) is 17.7 Å². The van der Waals surface area contributed by atoms with Crippen molar-refractivity contribution in [2.45, 2.75) is 6.61 Å². The van der Waals surface area contributed by atoms with E-state index in [1.807, 2.05) is 54.2 Å². The van der Waals surface area contributed by atoms with E-state index in [2.05, 4.69) is 0 Å². The largest absolute Gasteiger partial charge is 0.487 e. The first kappa shape index (κ1) is 11.8. The average Bonchev–Trinajstić information content (AvgIpc) is 2.79. The van der Waals surface area contributed by atoms with Crippen LogP contribution in [0.15, 0.2) is 54.7 Å². The van der Waals surface area contributed by atoms with Gasteiger partial charge in [-0.1, -0.05) is 30.3 Å². The monoisotopic (exact) mass is 255 g/mol. The summed E-state index contributed by atoms with van der Waals surface area (Å²) in [7, 11) is 1.93. The van der Waals surface area contributed by atoms with E-state index in [0.717, 1.165) is 16.5 Å². The lowest BCUT2D eigenvalue weighted by Gasteiger charge is -2.09. The fraction of sp³-hybridized carbons (Fsp3) is 0.125. The Morgan fingerprint density at radius 2 is 1.89 bits per heavy atom. The molecule has 1 aromatic heterocycles. The van der Waals surface area contributed by atoms with Gasteiger partial charge in [0.15, 0.2) is 0 Å². The molecule has 0 spiro atoms. The minimum Gasteiger partial charge on any atom is -0.487 e. The summed E-state index contributed by atoms with van der Waals surface area (Å²) in [6, 6.07) is 14.7. The Morgan fingerprint density at radius 3 is 2.68 bits per heavy atom. The molecule has 2 nitrogen and oxygen atoms in total. The maximum Gasteiger partial charge on any atom is 0.146 e. The van der Waals surface area contributed by atoms with Crippen molar-refractivity contribution in [3.63, 3.8) is 0 Å². The van der Waals surface area contributed by atoms with E-state index in [4.69, 9.17) is 4.74 Å². The topological polar surface area (TPSA) is 14.2 Å². The summed E-state index contributed by atoms with van der Waals surface area (Å²) < 4.78 is 21.2. The minimum atomic E-state index is -0.276. The number of aryl methyl sites for hydroxylation is 1. The maximum atomic E-state index is 13.5. The smallest absolute Gasteiger partial charge is 0.146 e. The van der Waals surface area contributed by atoms with E-state index in [-0.39, 0.29) is 5.82 Å². The van der Waals surface area contributed by atoms with Crippen molar-refractivity contribution >= 4 is 10.9 Å². The quantitative estimate of drug-likeness (QED) is 0.692. The molecule has 96 valence electrons. The summed E-state index contributed by atoms with van der Waals surface area (Å²) in [4.78, 5) is 0. The molecular formula is C16H14FNO. The Kier molecular flexibility index (Phi) is 2.95. The normalized spacial score (nSPS) is 10.8. The van der Waals surface area contributed by atoms with Crippen molar-refractivity contribution in [1.29, 1.82) is 0 Å². The molecule has 0 saturated heterocycles. The van der Waals surface area contributed by atoms with Crippen LogP contribution in [0, 0.1) is 5.82 Å². The van der Waals surface area contributed by atoms with Crippen LogP contribution < -0.4 is 4.74 Å². The number of benzene rings is 2. The molecule has 0 N–H and O–H groups in total. The standard InChI is InChI=1S/C16H14FNO/c1-18-8-7-13-9-14(17)10-15(16(13)18)19-11-12-5-3-2-4-6-12/h2-10H,11H2,1H3. The molecule has 0 atom stereocenters. The molecule has 0 radical (unpaired) electrons. The summed E-state index contributed by atoms with van der Waals surface area (Å²) >= 11 is 0. The SMILES string of the molecule is Cn1ccc2cc(F)cc(OCc3ccccc3)c21. The van der Waals surface area contributed by atoms with Gasteiger partial charge in [0.05, 0.1) is 5.52 Å². The fourth-order valence-corrected chi connectivity index (χ4v) is 2.21. The Morgan fingerprint density at radius 1 is 1.11 bits per heavy atom. The van der Waals surface area contributed by atoms with Crippen LogP contribution in [-0.2, 0) is 13.7 Å². The van der Waals surface area contributed by atoms with Crippen LogP contribution >= 0.6 is 0 Å². The third-order valence-corrected chi connectivity index (χ3v) is 3.14. The van der Waals surface area contributed by atoms with Gasteiger partial charge in [-0.15, -0.1) is 0 Å². The summed E-state index contributed by atoms with van der Waals surface area (Å²) in [6.45, 7) is 0.435. The molecule has 0 fully saturated rings. The number of nitrogens with zero attached hydrogens (tertiary/aromatic N) is 1. The predicted molar refractivity (Wildman–Crippen MR) is 73.7 cm³/mol. The molecule has 0 aliphatic carbocycles. The molecule has 0 amide bonds. The number of aromatic nitrogens is 1. The molecule has 1 heterocycles. The Balaban J connectivity index is 1.94. The van der Waals surface area contributed by atoms with Gasteiger partial charge in [-0.3, -0.25) is 0 Å². The van der Waals surface area contributed by atoms with E-state index in [0.29, 0.717) is 12.4 Å². The van der Waals surface area contributed by atoms with Crippen LogP contribution in [0.1, 0.15) is 5.56 Å². The molecule has 3 rings (SSSR count). The van der Waals surface area contributed by atoms with E-state index >= 15 is 0 Å². The van der Waals surface area contributed by atoms with E-state index < -0.39 is 0 Å². The number of ether oxygens (including phenoxy) is 1. The zero-order valence-electron chi connectivity index (χ0n) is 10.6. The van der Waals surface area contributed by atoms with Gasteiger partial charge in [-0.25, -0.2) is 4.39 Å². The van der Waals surface area contributed by atoms with Crippen molar-refractivity contribution in [2.75, 3.05) is 0 Å². The molecule has 0 unspecified atom stereocenters. The molecule has 0 saturated carbocycles. The lowest BCUT2D eigenvalue weighted by molar-refractivity contribution is 0.307. The third kappa shape index (κ3) is 2.32. The highest BCUT2D eigenvalue weighted by Gasteiger charge is 2.09. The first-order valence-electron chi connectivity index (χ1n) is 6.15. The zero-order valence-corrected chi connectivity index (χ0v) is 10.6. The van der Waals surface area contributed by atoms with E-state index in [1.54, 1.807) is 0 Å². The number of hydrogen-bond donors (Lipinski definition) is 0. The van der Waals surface area contributed by atoms with Crippen LogP contribution in [0.5, 0.6) is 5.75 Å². The van der Waals surface area contributed by atoms with Gasteiger partial charge in [0.25, 0.3) is 0 Å². The van der Waals surface area contributed by atoms with Crippen LogP contribution in [0.3, 0.4) is 0 Å². The first-order chi connectivity index (χ1) is 9.24. The summed E-state index contributed by atoms with van der Waals surface area (Å²) in [5, 5.41) is 0.852. The molecule has 19 heavy (non-hydrogen) atoms. The second-order valence-corrected chi connectivity index (χ2v) is 4.54. The van der Waals surface area contributed by atoms with Crippen molar-refractivity contribution in [1.82, 2.24) is 4.57 Å². The molecule has 0 aliphatic rings. The van der Waals surface area contributed by atoms with Crippen molar-refractivity contribution in [3.05, 3.63) is 66.1 Å². The zero-order chi connectivity index (χ0) is 13.2. The number of fused-ring (bicyclic) bond motifs is 1. The van der Waals surface area contributed by atoms with Crippen molar-refractivity contribution < 1.29 is 9.13 Å². The molecule has 3 heteroatoms. The van der Waals surface area contributed by atoms with Crippen LogP contribution in [0.25, 0.3) is 10.9 Å². The molecule has 0 aliphatic heterocycles. The average molecular weight is 255 g/mol. The Hall–Kier alpha value is -2.29. The summed E-state index contributed by atoms with van der Waals surface area (Å²) in [6.07, 6.45) is 1.90. The van der Waals surface area contributed by atoms with E-state index in [1.165, 1.54) is 12.1 Å². The van der Waals surface area contributed by atoms with Gasteiger partial charge in [0, 0.05) is 24.7 Å². The number of rotatable bonds is 3. The lowest BCUT2D eigenvalue weighted by atomic mass is 10.2.